The topological polar surface area (TPSA) is 77.0 Å². The number of nitrogen functional groups attached to an aromatic ring is 1. The molecule has 5 N–H and O–H groups in total. The SMILES string of the molecule is NCCNc1c(N)cnc2ccccc12. The van der Waals surface area contributed by atoms with Gasteiger partial charge in [0, 0.05) is 18.5 Å². The van der Waals surface area contributed by atoms with Crippen molar-refractivity contribution in [3.63, 3.8) is 0 Å². The molecule has 0 saturated carbocycles. The molecule has 0 atom stereocenters. The van der Waals surface area contributed by atoms with Gasteiger partial charge < -0.3 is 16.8 Å². The van der Waals surface area contributed by atoms with Crippen LogP contribution in [0.15, 0.2) is 30.5 Å². The Balaban J connectivity index is 2.53. The summed E-state index contributed by atoms with van der Waals surface area (Å²) in [5, 5.41) is 4.25. The predicted molar refractivity (Wildman–Crippen MR) is 63.7 cm³/mol. The number of benzene rings is 1. The van der Waals surface area contributed by atoms with Crippen molar-refractivity contribution in [2.75, 3.05) is 24.1 Å². The molecule has 0 unspecified atom stereocenters. The Morgan fingerprint density at radius 2 is 2.07 bits per heavy atom. The number of nitrogens with one attached hydrogen (secondary N) is 1. The van der Waals surface area contributed by atoms with Crippen LogP contribution < -0.4 is 16.8 Å². The summed E-state index contributed by atoms with van der Waals surface area (Å²) in [6.45, 7) is 1.29. The van der Waals surface area contributed by atoms with Crippen molar-refractivity contribution in [3.8, 4) is 0 Å². The largest absolute Gasteiger partial charge is 0.396 e. The van der Waals surface area contributed by atoms with E-state index in [0.29, 0.717) is 18.8 Å². The van der Waals surface area contributed by atoms with Gasteiger partial charge in [0.15, 0.2) is 0 Å². The maximum Gasteiger partial charge on any atom is 0.0743 e. The summed E-state index contributed by atoms with van der Waals surface area (Å²) in [6.07, 6.45) is 1.67. The zero-order valence-electron chi connectivity index (χ0n) is 8.40. The van der Waals surface area contributed by atoms with Crippen LogP contribution in [0.3, 0.4) is 0 Å². The van der Waals surface area contributed by atoms with Gasteiger partial charge in [-0.3, -0.25) is 4.98 Å². The normalized spacial score (nSPS) is 10.5. The van der Waals surface area contributed by atoms with E-state index in [0.717, 1.165) is 16.6 Å². The molecule has 1 aromatic carbocycles. The van der Waals surface area contributed by atoms with Crippen LogP contribution in [0.25, 0.3) is 10.9 Å². The van der Waals surface area contributed by atoms with Gasteiger partial charge in [0.25, 0.3) is 0 Å². The quantitative estimate of drug-likeness (QED) is 0.698. The lowest BCUT2D eigenvalue weighted by atomic mass is 10.1. The van der Waals surface area contributed by atoms with Crippen LogP contribution in [0.1, 0.15) is 0 Å². The summed E-state index contributed by atoms with van der Waals surface area (Å²) in [4.78, 5) is 4.25. The molecule has 0 radical (unpaired) electrons. The van der Waals surface area contributed by atoms with Crippen LogP contribution in [-0.2, 0) is 0 Å². The van der Waals surface area contributed by atoms with Crippen LogP contribution >= 0.6 is 0 Å². The highest BCUT2D eigenvalue weighted by Gasteiger charge is 2.04. The maximum atomic E-state index is 5.86. The van der Waals surface area contributed by atoms with Gasteiger partial charge in [-0.2, -0.15) is 0 Å². The fourth-order valence-corrected chi connectivity index (χ4v) is 1.55. The highest BCUT2D eigenvalue weighted by atomic mass is 14.9. The molecule has 0 aliphatic heterocycles. The Kier molecular flexibility index (Phi) is 2.69. The minimum absolute atomic E-state index is 0.579. The first kappa shape index (κ1) is 9.73. The van der Waals surface area contributed by atoms with Crippen LogP contribution in [0, 0.1) is 0 Å². The lowest BCUT2D eigenvalue weighted by Crippen LogP contribution is -2.14. The number of para-hydroxylation sites is 1. The van der Waals surface area contributed by atoms with E-state index in [1.54, 1.807) is 6.20 Å². The van der Waals surface area contributed by atoms with Gasteiger partial charge in [0.2, 0.25) is 0 Å². The minimum Gasteiger partial charge on any atom is -0.396 e. The molecule has 0 bridgehead atoms. The van der Waals surface area contributed by atoms with E-state index in [2.05, 4.69) is 10.3 Å². The molecular weight excluding hydrogens is 188 g/mol. The van der Waals surface area contributed by atoms with Gasteiger partial charge in [-0.1, -0.05) is 18.2 Å². The maximum absolute atomic E-state index is 5.86. The van der Waals surface area contributed by atoms with E-state index in [-0.39, 0.29) is 0 Å². The lowest BCUT2D eigenvalue weighted by molar-refractivity contribution is 1.03. The number of hydrogen-bond donors (Lipinski definition) is 3. The highest BCUT2D eigenvalue weighted by molar-refractivity contribution is 5.96. The predicted octanol–water partition coefficient (Wildman–Crippen LogP) is 1.19. The second-order valence-electron chi connectivity index (χ2n) is 3.32. The molecule has 78 valence electrons. The summed E-state index contributed by atoms with van der Waals surface area (Å²) in [5.74, 6) is 0. The molecule has 4 heteroatoms. The molecule has 0 fully saturated rings. The summed E-state index contributed by atoms with van der Waals surface area (Å²) in [7, 11) is 0. The smallest absolute Gasteiger partial charge is 0.0743 e. The van der Waals surface area contributed by atoms with E-state index >= 15 is 0 Å². The number of rotatable bonds is 3. The summed E-state index contributed by atoms with van der Waals surface area (Å²) in [6, 6.07) is 7.88. The molecule has 0 saturated heterocycles. The van der Waals surface area contributed by atoms with Gasteiger partial charge in [0.1, 0.15) is 0 Å². The first-order valence-corrected chi connectivity index (χ1v) is 4.90. The number of aromatic nitrogens is 1. The second kappa shape index (κ2) is 4.14. The highest BCUT2D eigenvalue weighted by Crippen LogP contribution is 2.26. The monoisotopic (exact) mass is 202 g/mol. The molecular formula is C11H14N4. The standard InChI is InChI=1S/C11H14N4/c12-5-6-14-11-8-3-1-2-4-10(8)15-7-9(11)13/h1-4,7H,5-6,12-13H2,(H,14,15). The molecule has 4 nitrogen and oxygen atoms in total. The van der Waals surface area contributed by atoms with Crippen LogP contribution in [0.5, 0.6) is 0 Å². The van der Waals surface area contributed by atoms with Crippen molar-refractivity contribution in [3.05, 3.63) is 30.5 Å². The number of fused-ring (bicyclic) bond motifs is 1. The zero-order valence-corrected chi connectivity index (χ0v) is 8.40. The Bertz CT molecular complexity index is 467. The third kappa shape index (κ3) is 1.85. The Morgan fingerprint density at radius 1 is 1.27 bits per heavy atom. The van der Waals surface area contributed by atoms with Gasteiger partial charge in [0.05, 0.1) is 23.1 Å². The third-order valence-corrected chi connectivity index (χ3v) is 2.25. The molecule has 2 aromatic rings. The van der Waals surface area contributed by atoms with E-state index < -0.39 is 0 Å². The molecule has 2 rings (SSSR count). The molecule has 15 heavy (non-hydrogen) atoms. The van der Waals surface area contributed by atoms with Gasteiger partial charge in [-0.05, 0) is 6.07 Å². The second-order valence-corrected chi connectivity index (χ2v) is 3.32. The number of anilines is 2. The fourth-order valence-electron chi connectivity index (χ4n) is 1.55. The van der Waals surface area contributed by atoms with Crippen LogP contribution in [0.2, 0.25) is 0 Å². The number of pyridine rings is 1. The minimum atomic E-state index is 0.579. The van der Waals surface area contributed by atoms with Gasteiger partial charge in [-0.15, -0.1) is 0 Å². The van der Waals surface area contributed by atoms with E-state index in [4.69, 9.17) is 11.5 Å². The summed E-state index contributed by atoms with van der Waals surface area (Å²) >= 11 is 0. The summed E-state index contributed by atoms with van der Waals surface area (Å²) < 4.78 is 0. The average Bonchev–Trinajstić information content (AvgIpc) is 2.28. The van der Waals surface area contributed by atoms with Crippen LogP contribution in [0.4, 0.5) is 11.4 Å². The fraction of sp³-hybridized carbons (Fsp3) is 0.182. The molecule has 0 amide bonds. The van der Waals surface area contributed by atoms with Crippen LogP contribution in [-0.4, -0.2) is 18.1 Å². The Morgan fingerprint density at radius 3 is 2.87 bits per heavy atom. The van der Waals surface area contributed by atoms with Crippen molar-refractivity contribution in [1.82, 2.24) is 4.98 Å². The zero-order chi connectivity index (χ0) is 10.7. The van der Waals surface area contributed by atoms with Gasteiger partial charge >= 0.3 is 0 Å². The van der Waals surface area contributed by atoms with Crippen molar-refractivity contribution in [1.29, 1.82) is 0 Å². The first-order chi connectivity index (χ1) is 7.33. The average molecular weight is 202 g/mol. The lowest BCUT2D eigenvalue weighted by Gasteiger charge is -2.10. The third-order valence-electron chi connectivity index (χ3n) is 2.25. The number of nitrogens with zero attached hydrogens (tertiary/aromatic N) is 1. The first-order valence-electron chi connectivity index (χ1n) is 4.90. The van der Waals surface area contributed by atoms with Crippen molar-refractivity contribution >= 4 is 22.3 Å². The Hall–Kier alpha value is -1.81. The molecule has 1 aromatic heterocycles. The van der Waals surface area contributed by atoms with Crippen molar-refractivity contribution < 1.29 is 0 Å². The molecule has 0 aliphatic carbocycles. The Labute approximate surface area is 88.3 Å². The van der Waals surface area contributed by atoms with E-state index in [9.17, 15) is 0 Å². The van der Waals surface area contributed by atoms with Crippen molar-refractivity contribution in [2.45, 2.75) is 0 Å². The number of hydrogen-bond acceptors (Lipinski definition) is 4. The van der Waals surface area contributed by atoms with E-state index in [1.807, 2.05) is 24.3 Å². The molecule has 0 aliphatic rings. The van der Waals surface area contributed by atoms with E-state index in [1.165, 1.54) is 0 Å². The van der Waals surface area contributed by atoms with Gasteiger partial charge in [-0.25, -0.2) is 0 Å². The summed E-state index contributed by atoms with van der Waals surface area (Å²) in [5.41, 5.74) is 13.8. The molecule has 0 spiro atoms. The molecule has 1 heterocycles. The van der Waals surface area contributed by atoms with Crippen molar-refractivity contribution in [2.24, 2.45) is 5.73 Å². The number of nitrogens with two attached hydrogens (primary N) is 2.